The Morgan fingerprint density at radius 1 is 1.16 bits per heavy atom. The van der Waals surface area contributed by atoms with Gasteiger partial charge in [-0.2, -0.15) is 0 Å². The molecule has 2 aliphatic heterocycles. The molecule has 0 N–H and O–H groups in total. The molecule has 0 aromatic heterocycles. The van der Waals surface area contributed by atoms with Crippen molar-refractivity contribution in [2.45, 2.75) is 81.3 Å². The first-order valence-corrected chi connectivity index (χ1v) is 12.4. The van der Waals surface area contributed by atoms with Gasteiger partial charge in [0, 0.05) is 10.5 Å². The third-order valence-electron chi connectivity index (χ3n) is 6.89. The van der Waals surface area contributed by atoms with Crippen molar-refractivity contribution in [1.29, 1.82) is 0 Å². The molecule has 0 amide bonds. The fourth-order valence-electron chi connectivity index (χ4n) is 5.45. The number of ether oxygens (including phenoxy) is 1. The summed E-state index contributed by atoms with van der Waals surface area (Å²) in [6.07, 6.45) is 7.51. The highest BCUT2D eigenvalue weighted by Crippen LogP contribution is 2.65. The summed E-state index contributed by atoms with van der Waals surface area (Å²) in [6, 6.07) is 10.4. The van der Waals surface area contributed by atoms with E-state index in [4.69, 9.17) is 17.6 Å². The molecule has 0 bridgehead atoms. The van der Waals surface area contributed by atoms with Gasteiger partial charge in [-0.3, -0.25) is 9.79 Å². The lowest BCUT2D eigenvalue weighted by molar-refractivity contribution is -0.161. The van der Waals surface area contributed by atoms with Crippen molar-refractivity contribution in [2.75, 3.05) is 0 Å². The molecule has 2 radical (unpaired) electrons. The Hall–Kier alpha value is -1.75. The normalized spacial score (nSPS) is 28.0. The summed E-state index contributed by atoms with van der Waals surface area (Å²) in [4.78, 5) is 18.3. The van der Waals surface area contributed by atoms with Crippen molar-refractivity contribution in [2.24, 2.45) is 10.9 Å². The molecule has 2 fully saturated rings. The van der Waals surface area contributed by atoms with Crippen LogP contribution in [0.5, 0.6) is 0 Å². The number of rotatable bonds is 2. The molecule has 2 aromatic carbocycles. The van der Waals surface area contributed by atoms with E-state index in [1.165, 1.54) is 34.9 Å². The number of hydrogen-bond donors (Lipinski definition) is 0. The average molecular weight is 431 g/mol. The fourth-order valence-corrected chi connectivity index (χ4v) is 7.18. The summed E-state index contributed by atoms with van der Waals surface area (Å²) >= 11 is 1.97. The predicted molar refractivity (Wildman–Crippen MR) is 131 cm³/mol. The number of aliphatic imine (C=N–C) groups is 1. The molecule has 1 spiro atoms. The van der Waals surface area contributed by atoms with Crippen LogP contribution in [0.2, 0.25) is 0 Å². The first kappa shape index (κ1) is 21.1. The second-order valence-corrected chi connectivity index (χ2v) is 11.8. The maximum Gasteiger partial charge on any atom is 0.310 e. The van der Waals surface area contributed by atoms with E-state index in [9.17, 15) is 4.79 Å². The third kappa shape index (κ3) is 3.95. The van der Waals surface area contributed by atoms with Crippen LogP contribution in [0.1, 0.15) is 64.9 Å². The quantitative estimate of drug-likeness (QED) is 0.362. The van der Waals surface area contributed by atoms with Gasteiger partial charge in [-0.25, -0.2) is 0 Å². The highest BCUT2D eigenvalue weighted by molar-refractivity contribution is 8.09. The number of nitrogens with zero attached hydrogens (tertiary/aromatic N) is 1. The number of fused-ring (bicyclic) bond motifs is 3. The van der Waals surface area contributed by atoms with E-state index in [-0.39, 0.29) is 16.6 Å². The highest BCUT2D eigenvalue weighted by atomic mass is 32.2. The summed E-state index contributed by atoms with van der Waals surface area (Å²) in [5.74, 6) is -0.0299. The summed E-state index contributed by atoms with van der Waals surface area (Å²) in [5.41, 5.74) is 4.04. The minimum atomic E-state index is -0.439. The van der Waals surface area contributed by atoms with Gasteiger partial charge in [-0.05, 0) is 68.9 Å². The van der Waals surface area contributed by atoms with Crippen molar-refractivity contribution in [3.8, 4) is 0 Å². The standard InChI is InChI=1S/C26H30BNO2S/c1-25(2,3)30-24(29)20-7-5-4-6-14-26(20)23(31-26)22-13-11-19-18-10-9-17(27)15-16(18)8-12-21(19)28-22/h8-10,12,15,20,23H,4-7,11,13-14H2,1-3H3. The number of esters is 1. The number of thioether (sulfide) groups is 1. The van der Waals surface area contributed by atoms with Crippen LogP contribution in [0.25, 0.3) is 10.8 Å². The molecule has 31 heavy (non-hydrogen) atoms. The van der Waals surface area contributed by atoms with Crippen LogP contribution >= 0.6 is 11.8 Å². The molecule has 1 aliphatic carbocycles. The van der Waals surface area contributed by atoms with Crippen molar-refractivity contribution in [1.82, 2.24) is 0 Å². The van der Waals surface area contributed by atoms with Crippen molar-refractivity contribution >= 4 is 53.2 Å². The summed E-state index contributed by atoms with van der Waals surface area (Å²) in [6.45, 7) is 5.89. The van der Waals surface area contributed by atoms with Crippen LogP contribution in [0.4, 0.5) is 5.69 Å². The second kappa shape index (κ2) is 7.69. The lowest BCUT2D eigenvalue weighted by atomic mass is 9.82. The Morgan fingerprint density at radius 2 is 2.00 bits per heavy atom. The van der Waals surface area contributed by atoms with Gasteiger partial charge in [-0.15, -0.1) is 11.8 Å². The van der Waals surface area contributed by atoms with Gasteiger partial charge in [0.25, 0.3) is 0 Å². The first-order chi connectivity index (χ1) is 14.8. The minimum Gasteiger partial charge on any atom is -0.460 e. The maximum absolute atomic E-state index is 13.1. The molecule has 3 nitrogen and oxygen atoms in total. The molecule has 3 unspecified atom stereocenters. The lowest BCUT2D eigenvalue weighted by Crippen LogP contribution is -2.38. The molecule has 3 atom stereocenters. The molecule has 160 valence electrons. The molecule has 2 aromatic rings. The Kier molecular flexibility index (Phi) is 5.24. The van der Waals surface area contributed by atoms with Crippen molar-refractivity contribution in [3.63, 3.8) is 0 Å². The SMILES string of the molecule is [B]c1ccc2c3c(ccc2c1)N=C(C1SC12CCCCCC2C(=O)OC(C)(C)C)CC3. The fraction of sp³-hybridized carbons (Fsp3) is 0.538. The van der Waals surface area contributed by atoms with E-state index in [0.29, 0.717) is 5.25 Å². The predicted octanol–water partition coefficient (Wildman–Crippen LogP) is 5.43. The Bertz CT molecular complexity index is 1070. The monoisotopic (exact) mass is 431 g/mol. The van der Waals surface area contributed by atoms with E-state index in [1.807, 2.05) is 44.7 Å². The zero-order valence-corrected chi connectivity index (χ0v) is 19.6. The molecular formula is C26H30BNO2S. The van der Waals surface area contributed by atoms with E-state index in [0.717, 1.165) is 43.3 Å². The number of aryl methyl sites for hydroxylation is 1. The zero-order chi connectivity index (χ0) is 21.8. The van der Waals surface area contributed by atoms with Gasteiger partial charge in [0.2, 0.25) is 0 Å². The highest BCUT2D eigenvalue weighted by Gasteiger charge is 2.64. The van der Waals surface area contributed by atoms with E-state index in [1.54, 1.807) is 0 Å². The van der Waals surface area contributed by atoms with Crippen molar-refractivity contribution < 1.29 is 9.53 Å². The van der Waals surface area contributed by atoms with Gasteiger partial charge in [0.15, 0.2) is 0 Å². The Morgan fingerprint density at radius 3 is 2.81 bits per heavy atom. The largest absolute Gasteiger partial charge is 0.460 e. The van der Waals surface area contributed by atoms with E-state index >= 15 is 0 Å². The third-order valence-corrected chi connectivity index (χ3v) is 8.73. The first-order valence-electron chi connectivity index (χ1n) is 11.6. The topological polar surface area (TPSA) is 38.7 Å². The molecular weight excluding hydrogens is 401 g/mol. The molecule has 2 heterocycles. The molecule has 1 saturated carbocycles. The summed E-state index contributed by atoms with van der Waals surface area (Å²) in [5, 5.41) is 2.79. The molecule has 3 aliphatic rings. The summed E-state index contributed by atoms with van der Waals surface area (Å²) < 4.78 is 5.84. The number of benzene rings is 2. The smallest absolute Gasteiger partial charge is 0.310 e. The van der Waals surface area contributed by atoms with Gasteiger partial charge in [0.1, 0.15) is 13.4 Å². The lowest BCUT2D eigenvalue weighted by Gasteiger charge is -2.28. The average Bonchev–Trinajstić information content (AvgIpc) is 3.47. The number of carbonyl (C=O) groups excluding carboxylic acids is 1. The summed E-state index contributed by atoms with van der Waals surface area (Å²) in [7, 11) is 5.97. The van der Waals surface area contributed by atoms with Crippen LogP contribution in [-0.2, 0) is 16.0 Å². The molecule has 5 heteroatoms. The van der Waals surface area contributed by atoms with Crippen LogP contribution in [0, 0.1) is 5.92 Å². The van der Waals surface area contributed by atoms with Gasteiger partial charge in [-0.1, -0.05) is 49.0 Å². The van der Waals surface area contributed by atoms with Gasteiger partial charge < -0.3 is 4.74 Å². The van der Waals surface area contributed by atoms with Crippen LogP contribution < -0.4 is 5.46 Å². The Balaban J connectivity index is 1.45. The minimum absolute atomic E-state index is 0.00945. The molecule has 5 rings (SSSR count). The van der Waals surface area contributed by atoms with Crippen molar-refractivity contribution in [3.05, 3.63) is 35.9 Å². The van der Waals surface area contributed by atoms with Crippen LogP contribution in [0.3, 0.4) is 0 Å². The second-order valence-electron chi connectivity index (χ2n) is 10.3. The van der Waals surface area contributed by atoms with Crippen LogP contribution in [-0.4, -0.2) is 35.1 Å². The number of hydrogen-bond acceptors (Lipinski definition) is 4. The molecule has 1 saturated heterocycles. The zero-order valence-electron chi connectivity index (χ0n) is 18.7. The van der Waals surface area contributed by atoms with Crippen LogP contribution in [0.15, 0.2) is 35.3 Å². The number of carbonyl (C=O) groups is 1. The Labute approximate surface area is 190 Å². The van der Waals surface area contributed by atoms with Gasteiger partial charge >= 0.3 is 5.97 Å². The van der Waals surface area contributed by atoms with E-state index in [2.05, 4.69) is 18.2 Å². The van der Waals surface area contributed by atoms with E-state index < -0.39 is 5.60 Å². The maximum atomic E-state index is 13.1. The van der Waals surface area contributed by atoms with Gasteiger partial charge in [0.05, 0.1) is 16.9 Å².